The smallest absolute Gasteiger partial charge is 0.407 e. The van der Waals surface area contributed by atoms with E-state index in [-0.39, 0.29) is 0 Å². The number of hydrogen-bond donors (Lipinski definition) is 2. The Morgan fingerprint density at radius 2 is 1.86 bits per heavy atom. The fourth-order valence-corrected chi connectivity index (χ4v) is 3.22. The molecule has 0 bridgehead atoms. The van der Waals surface area contributed by atoms with E-state index in [0.29, 0.717) is 31.7 Å². The van der Waals surface area contributed by atoms with Gasteiger partial charge in [-0.1, -0.05) is 30.3 Å². The van der Waals surface area contributed by atoms with E-state index in [0.717, 1.165) is 16.3 Å². The highest BCUT2D eigenvalue weighted by Crippen LogP contribution is 2.42. The number of carboxylic acid groups (broad SMARTS) is 1. The number of amides is 1. The van der Waals surface area contributed by atoms with Crippen LogP contribution in [0.15, 0.2) is 36.4 Å². The molecule has 1 saturated heterocycles. The summed E-state index contributed by atoms with van der Waals surface area (Å²) < 4.78 is 5.46. The van der Waals surface area contributed by atoms with Crippen LogP contribution in [0.4, 0.5) is 4.79 Å². The van der Waals surface area contributed by atoms with Crippen LogP contribution in [0.1, 0.15) is 18.4 Å². The Morgan fingerprint density at radius 1 is 1.18 bits per heavy atom. The maximum absolute atomic E-state index is 11.2. The van der Waals surface area contributed by atoms with Crippen LogP contribution in [0.25, 0.3) is 10.8 Å². The molecule has 0 aromatic heterocycles. The Hall–Kier alpha value is -2.27. The van der Waals surface area contributed by atoms with Crippen LogP contribution in [-0.4, -0.2) is 41.4 Å². The van der Waals surface area contributed by atoms with Gasteiger partial charge in [0.25, 0.3) is 0 Å². The minimum atomic E-state index is -1.07. The quantitative estimate of drug-likeness (QED) is 0.895. The number of hydrogen-bond acceptors (Lipinski definition) is 3. The molecular formula is C17H19NO4. The third-order valence-electron chi connectivity index (χ3n) is 4.44. The van der Waals surface area contributed by atoms with Gasteiger partial charge in [-0.3, -0.25) is 0 Å². The first kappa shape index (κ1) is 14.7. The highest BCUT2D eigenvalue weighted by molar-refractivity contribution is 5.88. The first-order valence-electron chi connectivity index (χ1n) is 7.31. The largest absolute Gasteiger partial charge is 0.496 e. The molecular weight excluding hydrogens is 282 g/mol. The standard InChI is InChI=1S/C17H19NO4/c1-22-14-7-6-12-4-2-3-5-13(12)15(14)17(21)8-10-18(11-9-17)16(19)20/h2-7,21H,8-11H2,1H3,(H,19,20). The summed E-state index contributed by atoms with van der Waals surface area (Å²) in [5, 5.41) is 22.2. The molecule has 0 spiro atoms. The van der Waals surface area contributed by atoms with Crippen LogP contribution >= 0.6 is 0 Å². The van der Waals surface area contributed by atoms with Crippen molar-refractivity contribution >= 4 is 16.9 Å². The normalized spacial score (nSPS) is 17.5. The summed E-state index contributed by atoms with van der Waals surface area (Å²) in [5.41, 5.74) is -0.309. The highest BCUT2D eigenvalue weighted by Gasteiger charge is 2.38. The topological polar surface area (TPSA) is 70.0 Å². The SMILES string of the molecule is COc1ccc2ccccc2c1C1(O)CCN(C(=O)O)CC1. The molecule has 1 amide bonds. The molecule has 1 heterocycles. The summed E-state index contributed by atoms with van der Waals surface area (Å²) in [6.07, 6.45) is -0.209. The Morgan fingerprint density at radius 3 is 2.50 bits per heavy atom. The second-order valence-electron chi connectivity index (χ2n) is 5.67. The molecule has 0 unspecified atom stereocenters. The van der Waals surface area contributed by atoms with Crippen molar-refractivity contribution in [3.05, 3.63) is 42.0 Å². The third-order valence-corrected chi connectivity index (χ3v) is 4.44. The minimum absolute atomic E-state index is 0.318. The van der Waals surface area contributed by atoms with E-state index in [4.69, 9.17) is 9.84 Å². The van der Waals surface area contributed by atoms with Crippen molar-refractivity contribution in [3.8, 4) is 5.75 Å². The highest BCUT2D eigenvalue weighted by atomic mass is 16.5. The zero-order valence-electron chi connectivity index (χ0n) is 12.5. The molecule has 5 heteroatoms. The number of fused-ring (bicyclic) bond motifs is 1. The molecule has 1 fully saturated rings. The van der Waals surface area contributed by atoms with Gasteiger partial charge in [-0.25, -0.2) is 4.79 Å². The van der Waals surface area contributed by atoms with Gasteiger partial charge in [0, 0.05) is 18.7 Å². The number of carbonyl (C=O) groups is 1. The second-order valence-corrected chi connectivity index (χ2v) is 5.67. The summed E-state index contributed by atoms with van der Waals surface area (Å²) in [7, 11) is 1.59. The van der Waals surface area contributed by atoms with Crippen LogP contribution in [0.2, 0.25) is 0 Å². The average Bonchev–Trinajstić information content (AvgIpc) is 2.54. The maximum Gasteiger partial charge on any atom is 0.407 e. The number of nitrogens with zero attached hydrogens (tertiary/aromatic N) is 1. The van der Waals surface area contributed by atoms with Crippen LogP contribution in [0.5, 0.6) is 5.75 Å². The van der Waals surface area contributed by atoms with Gasteiger partial charge in [0.15, 0.2) is 0 Å². The van der Waals surface area contributed by atoms with Crippen LogP contribution in [-0.2, 0) is 5.60 Å². The van der Waals surface area contributed by atoms with Crippen molar-refractivity contribution in [1.29, 1.82) is 0 Å². The lowest BCUT2D eigenvalue weighted by Crippen LogP contribution is -2.44. The Balaban J connectivity index is 2.07. The van der Waals surface area contributed by atoms with Crippen LogP contribution in [0, 0.1) is 0 Å². The van der Waals surface area contributed by atoms with Crippen LogP contribution in [0.3, 0.4) is 0 Å². The van der Waals surface area contributed by atoms with E-state index in [1.807, 2.05) is 36.4 Å². The number of ether oxygens (including phenoxy) is 1. The first-order chi connectivity index (χ1) is 10.5. The lowest BCUT2D eigenvalue weighted by atomic mass is 9.81. The van der Waals surface area contributed by atoms with E-state index in [9.17, 15) is 9.90 Å². The van der Waals surface area contributed by atoms with Crippen molar-refractivity contribution in [2.75, 3.05) is 20.2 Å². The predicted octanol–water partition coefficient (Wildman–Crippen LogP) is 2.81. The minimum Gasteiger partial charge on any atom is -0.496 e. The predicted molar refractivity (Wildman–Crippen MR) is 83.2 cm³/mol. The zero-order valence-corrected chi connectivity index (χ0v) is 12.5. The number of methoxy groups -OCH3 is 1. The fraction of sp³-hybridized carbons (Fsp3) is 0.353. The van der Waals surface area contributed by atoms with Crippen molar-refractivity contribution in [1.82, 2.24) is 4.90 Å². The van der Waals surface area contributed by atoms with E-state index < -0.39 is 11.7 Å². The van der Waals surface area contributed by atoms with E-state index in [2.05, 4.69) is 0 Å². The molecule has 1 aliphatic rings. The summed E-state index contributed by atoms with van der Waals surface area (Å²) in [4.78, 5) is 12.4. The molecule has 0 saturated carbocycles. The molecule has 0 atom stereocenters. The molecule has 1 aliphatic heterocycles. The molecule has 5 nitrogen and oxygen atoms in total. The van der Waals surface area contributed by atoms with Crippen molar-refractivity contribution in [2.45, 2.75) is 18.4 Å². The van der Waals surface area contributed by atoms with Gasteiger partial charge in [0.2, 0.25) is 0 Å². The molecule has 0 radical (unpaired) electrons. The van der Waals surface area contributed by atoms with Crippen molar-refractivity contribution < 1.29 is 19.7 Å². The lowest BCUT2D eigenvalue weighted by molar-refractivity contribution is -0.0216. The van der Waals surface area contributed by atoms with Gasteiger partial charge in [0.1, 0.15) is 5.75 Å². The fourth-order valence-electron chi connectivity index (χ4n) is 3.22. The second kappa shape index (κ2) is 5.50. The summed E-state index contributed by atoms with van der Waals surface area (Å²) >= 11 is 0. The number of piperidine rings is 1. The molecule has 2 N–H and O–H groups in total. The summed E-state index contributed by atoms with van der Waals surface area (Å²) in [6, 6.07) is 11.7. The molecule has 0 aliphatic carbocycles. The monoisotopic (exact) mass is 301 g/mol. The number of rotatable bonds is 2. The molecule has 116 valence electrons. The van der Waals surface area contributed by atoms with Gasteiger partial charge in [-0.15, -0.1) is 0 Å². The van der Waals surface area contributed by atoms with E-state index >= 15 is 0 Å². The number of aliphatic hydroxyl groups is 1. The van der Waals surface area contributed by atoms with Crippen molar-refractivity contribution in [3.63, 3.8) is 0 Å². The molecule has 2 aromatic rings. The third kappa shape index (κ3) is 2.37. The van der Waals surface area contributed by atoms with E-state index in [1.165, 1.54) is 4.90 Å². The van der Waals surface area contributed by atoms with Gasteiger partial charge in [0.05, 0.1) is 12.7 Å². The van der Waals surface area contributed by atoms with Gasteiger partial charge < -0.3 is 19.8 Å². The summed E-state index contributed by atoms with van der Waals surface area (Å²) in [5.74, 6) is 0.643. The molecule has 3 rings (SSSR count). The average molecular weight is 301 g/mol. The Labute approximate surface area is 128 Å². The first-order valence-corrected chi connectivity index (χ1v) is 7.31. The van der Waals surface area contributed by atoms with Gasteiger partial charge in [-0.05, 0) is 29.7 Å². The Kier molecular flexibility index (Phi) is 3.66. The molecule has 22 heavy (non-hydrogen) atoms. The van der Waals surface area contributed by atoms with Gasteiger partial charge in [-0.2, -0.15) is 0 Å². The number of likely N-dealkylation sites (tertiary alicyclic amines) is 1. The Bertz CT molecular complexity index is 705. The van der Waals surface area contributed by atoms with Crippen LogP contribution < -0.4 is 4.74 Å². The maximum atomic E-state index is 11.2. The van der Waals surface area contributed by atoms with Gasteiger partial charge >= 0.3 is 6.09 Å². The van der Waals surface area contributed by atoms with E-state index in [1.54, 1.807) is 7.11 Å². The van der Waals surface area contributed by atoms with Crippen molar-refractivity contribution in [2.24, 2.45) is 0 Å². The lowest BCUT2D eigenvalue weighted by Gasteiger charge is -2.38. The summed E-state index contributed by atoms with van der Waals surface area (Å²) in [6.45, 7) is 0.635. The number of benzene rings is 2. The molecule has 2 aromatic carbocycles. The zero-order chi connectivity index (χ0) is 15.7.